The summed E-state index contributed by atoms with van der Waals surface area (Å²) in [5.74, 6) is 0. The molecule has 17 heavy (non-hydrogen) atoms. The number of aliphatic hydroxyl groups excluding tert-OH is 1. The number of aliphatic hydroxyl groups is 1. The van der Waals surface area contributed by atoms with Crippen molar-refractivity contribution >= 4 is 15.8 Å². The van der Waals surface area contributed by atoms with Gasteiger partial charge in [0.05, 0.1) is 0 Å². The van der Waals surface area contributed by atoms with Gasteiger partial charge in [0.2, 0.25) is 0 Å². The van der Waals surface area contributed by atoms with Gasteiger partial charge in [0, 0.05) is 6.61 Å². The minimum atomic E-state index is -0.653. The molecule has 0 aromatic rings. The van der Waals surface area contributed by atoms with Gasteiger partial charge in [-0.25, -0.2) is 0 Å². The van der Waals surface area contributed by atoms with Crippen molar-refractivity contribution in [3.63, 3.8) is 0 Å². The molecule has 6 heteroatoms. The SMILES string of the molecule is CC(C)([NH-])CO.CCN(CC)CC[C-]=O.[Cl][Pd+]. The average Bonchev–Trinajstić information content (AvgIpc) is 2.33. The van der Waals surface area contributed by atoms with Gasteiger partial charge in [0.15, 0.2) is 0 Å². The van der Waals surface area contributed by atoms with Crippen LogP contribution in [0.4, 0.5) is 0 Å². The molecule has 0 fully saturated rings. The Morgan fingerprint density at radius 1 is 1.35 bits per heavy atom. The molecule has 4 nitrogen and oxygen atoms in total. The molecular weight excluding hydrogens is 334 g/mol. The van der Waals surface area contributed by atoms with Crippen LogP contribution >= 0.6 is 9.53 Å². The van der Waals surface area contributed by atoms with Crippen LogP contribution in [0.3, 0.4) is 0 Å². The summed E-state index contributed by atoms with van der Waals surface area (Å²) in [6.45, 7) is 10.3. The predicted octanol–water partition coefficient (Wildman–Crippen LogP) is 2.32. The Hall–Kier alpha value is 0.502. The summed E-state index contributed by atoms with van der Waals surface area (Å²) in [7, 11) is 4.49. The molecule has 0 bridgehead atoms. The zero-order valence-corrected chi connectivity index (χ0v) is 13.3. The van der Waals surface area contributed by atoms with E-state index in [-0.39, 0.29) is 6.61 Å². The average molecular weight is 358 g/mol. The van der Waals surface area contributed by atoms with Crippen molar-refractivity contribution < 1.29 is 28.1 Å². The third-order valence-electron chi connectivity index (χ3n) is 1.82. The summed E-state index contributed by atoms with van der Waals surface area (Å²) in [5, 5.41) is 8.22. The molecule has 2 N–H and O–H groups in total. The van der Waals surface area contributed by atoms with Gasteiger partial charge in [0.1, 0.15) is 0 Å². The summed E-state index contributed by atoms with van der Waals surface area (Å²) in [5.41, 5.74) is 6.28. The van der Waals surface area contributed by atoms with Gasteiger partial charge in [-0.3, -0.25) is 6.29 Å². The summed E-state index contributed by atoms with van der Waals surface area (Å²) in [4.78, 5) is 12.0. The van der Waals surface area contributed by atoms with E-state index in [0.717, 1.165) is 19.6 Å². The quantitative estimate of drug-likeness (QED) is 0.586. The molecule has 0 amide bonds. The maximum absolute atomic E-state index is 9.79. The van der Waals surface area contributed by atoms with E-state index in [1.807, 2.05) is 6.29 Å². The molecule has 0 radical (unpaired) electrons. The first-order valence-electron chi connectivity index (χ1n) is 5.46. The van der Waals surface area contributed by atoms with Crippen LogP contribution in [-0.4, -0.2) is 48.1 Å². The standard InChI is InChI=1S/C7H14NO.C4H10NO.ClH.Pd/c1-3-8(4-2)6-5-7-9;1-4(2,5)3-6;;/h3-6H2,1-2H3;5-6H,3H2,1-2H3;1H;/q2*-1;;+2/p-1. The third-order valence-corrected chi connectivity index (χ3v) is 1.82. The first-order valence-corrected chi connectivity index (χ1v) is 7.46. The van der Waals surface area contributed by atoms with Crippen LogP contribution in [-0.2, 0) is 23.0 Å². The first-order chi connectivity index (χ1) is 7.91. The van der Waals surface area contributed by atoms with Crippen molar-refractivity contribution in [3.05, 3.63) is 5.73 Å². The molecule has 0 aromatic heterocycles. The molecule has 0 heterocycles. The van der Waals surface area contributed by atoms with E-state index in [2.05, 4.69) is 46.5 Å². The summed E-state index contributed by atoms with van der Waals surface area (Å²) in [6.07, 6.45) is 2.42. The van der Waals surface area contributed by atoms with E-state index in [1.54, 1.807) is 13.8 Å². The molecule has 0 atom stereocenters. The Morgan fingerprint density at radius 3 is 1.88 bits per heavy atom. The molecule has 0 aliphatic heterocycles. The summed E-state index contributed by atoms with van der Waals surface area (Å²) < 4.78 is 0. The van der Waals surface area contributed by atoms with Crippen LogP contribution in [0.5, 0.6) is 0 Å². The predicted molar refractivity (Wildman–Crippen MR) is 69.4 cm³/mol. The molecule has 0 saturated carbocycles. The second-order valence-corrected chi connectivity index (χ2v) is 3.96. The number of nitrogens with zero attached hydrogens (tertiary/aromatic N) is 1. The van der Waals surface area contributed by atoms with Crippen LogP contribution in [0.25, 0.3) is 5.73 Å². The fourth-order valence-electron chi connectivity index (χ4n) is 0.744. The fourth-order valence-corrected chi connectivity index (χ4v) is 0.744. The maximum atomic E-state index is 9.79. The zero-order valence-electron chi connectivity index (χ0n) is 11.0. The van der Waals surface area contributed by atoms with Crippen molar-refractivity contribution in [2.45, 2.75) is 39.7 Å². The number of halogens is 1. The monoisotopic (exact) mass is 357 g/mol. The number of hydrogen-bond donors (Lipinski definition) is 1. The van der Waals surface area contributed by atoms with Crippen molar-refractivity contribution in [2.24, 2.45) is 0 Å². The Bertz CT molecular complexity index is 151. The van der Waals surface area contributed by atoms with Gasteiger partial charge < -0.3 is 20.5 Å². The molecule has 0 aliphatic rings. The third kappa shape index (κ3) is 26.2. The molecule has 0 unspecified atom stereocenters. The number of rotatable bonds is 6. The van der Waals surface area contributed by atoms with Gasteiger partial charge in [-0.05, 0) is 19.6 Å². The fraction of sp³-hybridized carbons (Fsp3) is 0.909. The topological polar surface area (TPSA) is 64.3 Å². The van der Waals surface area contributed by atoms with Crippen LogP contribution < -0.4 is 0 Å². The van der Waals surface area contributed by atoms with E-state index < -0.39 is 5.54 Å². The zero-order chi connectivity index (χ0) is 14.3. The number of hydrogen-bond acceptors (Lipinski definition) is 3. The van der Waals surface area contributed by atoms with E-state index in [1.165, 1.54) is 0 Å². The molecule has 0 rings (SSSR count). The van der Waals surface area contributed by atoms with Crippen molar-refractivity contribution in [3.8, 4) is 0 Å². The van der Waals surface area contributed by atoms with Crippen molar-refractivity contribution in [1.82, 2.24) is 4.90 Å². The molecular formula is C11H24ClN2O2Pd-. The van der Waals surface area contributed by atoms with Crippen LogP contribution in [0.2, 0.25) is 0 Å². The normalized spacial score (nSPS) is 10.0. The van der Waals surface area contributed by atoms with Crippen LogP contribution in [0.1, 0.15) is 34.1 Å². The van der Waals surface area contributed by atoms with Crippen LogP contribution in [0.15, 0.2) is 0 Å². The summed E-state index contributed by atoms with van der Waals surface area (Å²) >= 11 is 2.22. The minimum absolute atomic E-state index is 0.0625. The molecule has 108 valence electrons. The molecule has 0 spiro atoms. The van der Waals surface area contributed by atoms with Gasteiger partial charge >= 0.3 is 27.7 Å². The summed E-state index contributed by atoms with van der Waals surface area (Å²) in [6, 6.07) is 0. The van der Waals surface area contributed by atoms with Gasteiger partial charge in [0.25, 0.3) is 0 Å². The van der Waals surface area contributed by atoms with E-state index >= 15 is 0 Å². The second-order valence-electron chi connectivity index (χ2n) is 3.96. The molecule has 0 aliphatic carbocycles. The first kappa shape index (κ1) is 22.7. The van der Waals surface area contributed by atoms with Crippen molar-refractivity contribution in [2.75, 3.05) is 26.2 Å². The molecule has 0 aromatic carbocycles. The Kier molecular flexibility index (Phi) is 22.0. The van der Waals surface area contributed by atoms with Crippen molar-refractivity contribution in [1.29, 1.82) is 0 Å². The molecule has 0 saturated heterocycles. The Balaban J connectivity index is -0.000000213. The van der Waals surface area contributed by atoms with Gasteiger partial charge in [-0.15, -0.1) is 12.0 Å². The Labute approximate surface area is 120 Å². The second kappa shape index (κ2) is 16.5. The van der Waals surface area contributed by atoms with Gasteiger partial charge in [-0.1, -0.05) is 27.7 Å². The van der Waals surface area contributed by atoms with E-state index in [4.69, 9.17) is 10.8 Å². The van der Waals surface area contributed by atoms with E-state index in [9.17, 15) is 4.79 Å². The number of carbonyl (C=O) groups excluding carboxylic acids is 1. The van der Waals surface area contributed by atoms with Gasteiger partial charge in [-0.2, -0.15) is 0 Å². The number of nitrogens with one attached hydrogen (secondary N) is 1. The van der Waals surface area contributed by atoms with Crippen LogP contribution in [0, 0.1) is 0 Å². The Morgan fingerprint density at radius 2 is 1.71 bits per heavy atom. The van der Waals surface area contributed by atoms with E-state index in [0.29, 0.717) is 6.42 Å².